The van der Waals surface area contributed by atoms with Crippen LogP contribution in [0.15, 0.2) is 18.2 Å². The highest BCUT2D eigenvalue weighted by molar-refractivity contribution is 6.00. The number of carbonyl (C=O) groups excluding carboxylic acids is 1. The molecule has 1 aromatic carbocycles. The Labute approximate surface area is 122 Å². The minimum Gasteiger partial charge on any atom is -0.478 e. The van der Waals surface area contributed by atoms with Crippen LogP contribution in [0.25, 0.3) is 0 Å². The van der Waals surface area contributed by atoms with Crippen LogP contribution in [0.5, 0.6) is 0 Å². The van der Waals surface area contributed by atoms with Gasteiger partial charge in [-0.1, -0.05) is 0 Å². The van der Waals surface area contributed by atoms with E-state index in [0.717, 1.165) is 50.6 Å². The summed E-state index contributed by atoms with van der Waals surface area (Å²) in [5.41, 5.74) is -0.0987. The Hall–Kier alpha value is -1.95. The molecule has 1 atom stereocenters. The van der Waals surface area contributed by atoms with E-state index in [1.807, 2.05) is 0 Å². The maximum Gasteiger partial charge on any atom is 0.337 e. The van der Waals surface area contributed by atoms with E-state index < -0.39 is 11.8 Å². The van der Waals surface area contributed by atoms with E-state index >= 15 is 0 Å². The van der Waals surface area contributed by atoms with Crippen molar-refractivity contribution in [3.05, 3.63) is 29.6 Å². The third-order valence-electron chi connectivity index (χ3n) is 3.66. The quantitative estimate of drug-likeness (QED) is 0.778. The lowest BCUT2D eigenvalue weighted by atomic mass is 9.94. The number of carbonyl (C=O) groups is 2. The van der Waals surface area contributed by atoms with Crippen molar-refractivity contribution in [1.29, 1.82) is 0 Å². The highest BCUT2D eigenvalue weighted by Crippen LogP contribution is 2.19. The van der Waals surface area contributed by atoms with Gasteiger partial charge in [-0.3, -0.25) is 4.79 Å². The monoisotopic (exact) mass is 294 g/mol. The fraction of sp³-hybridized carbons (Fsp3) is 0.467. The Balaban J connectivity index is 1.92. The average Bonchev–Trinajstić information content (AvgIpc) is 2.46. The molecule has 5 nitrogen and oxygen atoms in total. The summed E-state index contributed by atoms with van der Waals surface area (Å²) in [4.78, 5) is 22.9. The van der Waals surface area contributed by atoms with E-state index in [2.05, 4.69) is 10.6 Å². The highest BCUT2D eigenvalue weighted by atomic mass is 19.1. The van der Waals surface area contributed by atoms with Gasteiger partial charge in [0.15, 0.2) is 0 Å². The Morgan fingerprint density at radius 2 is 2.24 bits per heavy atom. The van der Waals surface area contributed by atoms with E-state index in [0.29, 0.717) is 12.3 Å². The van der Waals surface area contributed by atoms with Gasteiger partial charge in [0.05, 0.1) is 11.3 Å². The average molecular weight is 294 g/mol. The molecular weight excluding hydrogens is 275 g/mol. The Morgan fingerprint density at radius 1 is 1.43 bits per heavy atom. The summed E-state index contributed by atoms with van der Waals surface area (Å²) in [6.07, 6.45) is 3.26. The first-order valence-electron chi connectivity index (χ1n) is 7.09. The van der Waals surface area contributed by atoms with E-state index in [9.17, 15) is 14.0 Å². The zero-order chi connectivity index (χ0) is 15.2. The smallest absolute Gasteiger partial charge is 0.337 e. The second-order valence-corrected chi connectivity index (χ2v) is 5.29. The fourth-order valence-electron chi connectivity index (χ4n) is 2.52. The van der Waals surface area contributed by atoms with Crippen LogP contribution in [0.2, 0.25) is 0 Å². The number of halogens is 1. The molecule has 21 heavy (non-hydrogen) atoms. The lowest BCUT2D eigenvalue weighted by molar-refractivity contribution is -0.116. The van der Waals surface area contributed by atoms with Crippen LogP contribution in [0, 0.1) is 11.7 Å². The molecule has 114 valence electrons. The molecule has 0 saturated carbocycles. The number of aromatic carboxylic acids is 1. The minimum atomic E-state index is -1.19. The van der Waals surface area contributed by atoms with E-state index in [4.69, 9.17) is 5.11 Å². The summed E-state index contributed by atoms with van der Waals surface area (Å²) in [7, 11) is 0. The number of carboxylic acid groups (broad SMARTS) is 1. The van der Waals surface area contributed by atoms with Crippen molar-refractivity contribution < 1.29 is 19.1 Å². The van der Waals surface area contributed by atoms with Crippen LogP contribution in [0.1, 0.15) is 36.0 Å². The predicted molar refractivity (Wildman–Crippen MR) is 76.8 cm³/mol. The molecule has 1 aromatic rings. The maximum absolute atomic E-state index is 13.2. The van der Waals surface area contributed by atoms with E-state index in [-0.39, 0.29) is 17.2 Å². The predicted octanol–water partition coefficient (Wildman–Crippen LogP) is 2.24. The first-order chi connectivity index (χ1) is 10.1. The molecule has 1 saturated heterocycles. The summed E-state index contributed by atoms with van der Waals surface area (Å²) in [5, 5.41) is 14.8. The number of anilines is 1. The number of rotatable bonds is 5. The molecule has 1 unspecified atom stereocenters. The van der Waals surface area contributed by atoms with Crippen molar-refractivity contribution in [1.82, 2.24) is 5.32 Å². The number of benzene rings is 1. The summed E-state index contributed by atoms with van der Waals surface area (Å²) in [6.45, 7) is 1.93. The Kier molecular flexibility index (Phi) is 5.27. The van der Waals surface area contributed by atoms with Gasteiger partial charge in [-0.15, -0.1) is 0 Å². The number of hydrogen-bond acceptors (Lipinski definition) is 3. The normalized spacial score (nSPS) is 18.2. The largest absolute Gasteiger partial charge is 0.478 e. The molecule has 0 aliphatic carbocycles. The second kappa shape index (κ2) is 7.17. The summed E-state index contributed by atoms with van der Waals surface area (Å²) >= 11 is 0. The van der Waals surface area contributed by atoms with Gasteiger partial charge >= 0.3 is 5.97 Å². The lowest BCUT2D eigenvalue weighted by Crippen LogP contribution is -2.30. The Bertz CT molecular complexity index is 528. The molecule has 1 aliphatic heterocycles. The fourth-order valence-corrected chi connectivity index (χ4v) is 2.52. The molecule has 6 heteroatoms. The van der Waals surface area contributed by atoms with Crippen LogP contribution in [0.4, 0.5) is 10.1 Å². The molecule has 1 heterocycles. The zero-order valence-corrected chi connectivity index (χ0v) is 11.7. The Morgan fingerprint density at radius 3 is 2.90 bits per heavy atom. The number of piperidine rings is 1. The van der Waals surface area contributed by atoms with E-state index in [1.165, 1.54) is 0 Å². The van der Waals surface area contributed by atoms with Crippen molar-refractivity contribution in [3.63, 3.8) is 0 Å². The first kappa shape index (κ1) is 15.4. The highest BCUT2D eigenvalue weighted by Gasteiger charge is 2.16. The summed E-state index contributed by atoms with van der Waals surface area (Å²) in [5.74, 6) is -1.59. The molecule has 0 bridgehead atoms. The molecule has 1 amide bonds. The van der Waals surface area contributed by atoms with Gasteiger partial charge in [0.1, 0.15) is 5.82 Å². The number of carboxylic acids is 1. The molecular formula is C15H19FN2O3. The molecule has 2 rings (SSSR count). The van der Waals surface area contributed by atoms with Crippen molar-refractivity contribution >= 4 is 17.6 Å². The number of nitrogens with one attached hydrogen (secondary N) is 2. The molecule has 1 fully saturated rings. The third kappa shape index (κ3) is 4.53. The van der Waals surface area contributed by atoms with Crippen molar-refractivity contribution in [2.24, 2.45) is 5.92 Å². The van der Waals surface area contributed by atoms with Gasteiger partial charge in [0.25, 0.3) is 0 Å². The SMILES string of the molecule is O=C(CCC1CCCNC1)Nc1cc(F)ccc1C(=O)O. The summed E-state index contributed by atoms with van der Waals surface area (Å²) in [6, 6.07) is 3.24. The van der Waals surface area contributed by atoms with Crippen LogP contribution in [-0.2, 0) is 4.79 Å². The van der Waals surface area contributed by atoms with Gasteiger partial charge in [-0.05, 0) is 56.5 Å². The molecule has 0 aromatic heterocycles. The van der Waals surface area contributed by atoms with Gasteiger partial charge in [-0.2, -0.15) is 0 Å². The zero-order valence-electron chi connectivity index (χ0n) is 11.7. The van der Waals surface area contributed by atoms with E-state index in [1.54, 1.807) is 0 Å². The third-order valence-corrected chi connectivity index (χ3v) is 3.66. The second-order valence-electron chi connectivity index (χ2n) is 5.29. The van der Waals surface area contributed by atoms with Gasteiger partial charge in [0, 0.05) is 6.42 Å². The molecule has 1 aliphatic rings. The van der Waals surface area contributed by atoms with Crippen molar-refractivity contribution in [3.8, 4) is 0 Å². The van der Waals surface area contributed by atoms with Crippen LogP contribution >= 0.6 is 0 Å². The minimum absolute atomic E-state index is 0.00858. The molecule has 0 radical (unpaired) electrons. The van der Waals surface area contributed by atoms with Crippen LogP contribution in [-0.4, -0.2) is 30.1 Å². The van der Waals surface area contributed by atoms with Crippen molar-refractivity contribution in [2.75, 3.05) is 18.4 Å². The maximum atomic E-state index is 13.2. The number of hydrogen-bond donors (Lipinski definition) is 3. The van der Waals surface area contributed by atoms with Crippen LogP contribution in [0.3, 0.4) is 0 Å². The lowest BCUT2D eigenvalue weighted by Gasteiger charge is -2.22. The standard InChI is InChI=1S/C15H19FN2O3/c16-11-4-5-12(15(20)21)13(8-11)18-14(19)6-3-10-2-1-7-17-9-10/h4-5,8,10,17H,1-3,6-7,9H2,(H,18,19)(H,20,21). The number of amides is 1. The van der Waals surface area contributed by atoms with Gasteiger partial charge < -0.3 is 15.7 Å². The van der Waals surface area contributed by atoms with Crippen molar-refractivity contribution in [2.45, 2.75) is 25.7 Å². The molecule has 0 spiro atoms. The topological polar surface area (TPSA) is 78.4 Å². The van der Waals surface area contributed by atoms with Gasteiger partial charge in [-0.25, -0.2) is 9.18 Å². The van der Waals surface area contributed by atoms with Gasteiger partial charge in [0.2, 0.25) is 5.91 Å². The van der Waals surface area contributed by atoms with Crippen LogP contribution < -0.4 is 10.6 Å². The first-order valence-corrected chi connectivity index (χ1v) is 7.09. The molecule has 3 N–H and O–H groups in total. The summed E-state index contributed by atoms with van der Waals surface area (Å²) < 4.78 is 13.2.